The first-order valence-electron chi connectivity index (χ1n) is 2.99. The van der Waals surface area contributed by atoms with Crippen LogP contribution in [0.3, 0.4) is 0 Å². The molecule has 2 heteroatoms. The van der Waals surface area contributed by atoms with E-state index in [9.17, 15) is 0 Å². The Morgan fingerprint density at radius 1 is 1.88 bits per heavy atom. The van der Waals surface area contributed by atoms with Gasteiger partial charge in [0.1, 0.15) is 0 Å². The van der Waals surface area contributed by atoms with Gasteiger partial charge in [-0.05, 0) is 0 Å². The second-order valence-corrected chi connectivity index (χ2v) is 6.78. The van der Waals surface area contributed by atoms with Gasteiger partial charge in [0.05, 0.1) is 0 Å². The van der Waals surface area contributed by atoms with Crippen molar-refractivity contribution in [1.29, 1.82) is 0 Å². The molecule has 1 heterocycles. The summed E-state index contributed by atoms with van der Waals surface area (Å²) in [5.74, 6) is 0.917. The molecular formula is C6H13IN-. The molecule has 50 valence electrons. The van der Waals surface area contributed by atoms with Crippen LogP contribution in [0.1, 0.15) is 13.8 Å². The zero-order chi connectivity index (χ0) is 6.20. The molecular weight excluding hydrogens is 213 g/mol. The van der Waals surface area contributed by atoms with E-state index >= 15 is 0 Å². The van der Waals surface area contributed by atoms with Crippen molar-refractivity contribution in [3.8, 4) is 0 Å². The molecule has 8 heavy (non-hydrogen) atoms. The molecule has 0 aromatic heterocycles. The van der Waals surface area contributed by atoms with Crippen LogP contribution in [-0.4, -0.2) is 14.4 Å². The Labute approximate surface area is 61.3 Å². The van der Waals surface area contributed by atoms with Crippen LogP contribution in [0.2, 0.25) is 0 Å². The van der Waals surface area contributed by atoms with Crippen molar-refractivity contribution in [2.75, 3.05) is 11.0 Å². The molecule has 2 N–H and O–H groups in total. The second kappa shape index (κ2) is 2.14. The predicted molar refractivity (Wildman–Crippen MR) is 31.5 cm³/mol. The molecule has 1 saturated heterocycles. The van der Waals surface area contributed by atoms with Crippen molar-refractivity contribution in [1.82, 2.24) is 0 Å². The van der Waals surface area contributed by atoms with Gasteiger partial charge in [-0.2, -0.15) is 0 Å². The van der Waals surface area contributed by atoms with E-state index in [0.29, 0.717) is 24.6 Å². The molecule has 1 fully saturated rings. The van der Waals surface area contributed by atoms with Crippen LogP contribution in [0.4, 0.5) is 0 Å². The Morgan fingerprint density at radius 2 is 2.50 bits per heavy atom. The van der Waals surface area contributed by atoms with Gasteiger partial charge in [0.25, 0.3) is 0 Å². The van der Waals surface area contributed by atoms with E-state index in [4.69, 9.17) is 5.73 Å². The monoisotopic (exact) mass is 226 g/mol. The predicted octanol–water partition coefficient (Wildman–Crippen LogP) is -2.56. The average molecular weight is 226 g/mol. The van der Waals surface area contributed by atoms with E-state index in [1.807, 2.05) is 0 Å². The van der Waals surface area contributed by atoms with E-state index in [0.717, 1.165) is 12.5 Å². The van der Waals surface area contributed by atoms with Crippen molar-refractivity contribution in [2.45, 2.75) is 17.3 Å². The third-order valence-corrected chi connectivity index (χ3v) is 7.05. The van der Waals surface area contributed by atoms with Crippen molar-refractivity contribution in [3.05, 3.63) is 0 Å². The number of nitrogens with two attached hydrogens (primary N) is 1. The zero-order valence-corrected chi connectivity index (χ0v) is 7.60. The molecule has 0 amide bonds. The third kappa shape index (κ3) is 0.880. The molecule has 1 nitrogen and oxygen atoms in total. The van der Waals surface area contributed by atoms with Crippen LogP contribution in [0.15, 0.2) is 0 Å². The van der Waals surface area contributed by atoms with Crippen LogP contribution >= 0.6 is 0 Å². The van der Waals surface area contributed by atoms with E-state index in [-0.39, 0.29) is 0 Å². The topological polar surface area (TPSA) is 26.0 Å². The maximum absolute atomic E-state index is 5.59. The van der Waals surface area contributed by atoms with Crippen LogP contribution < -0.4 is 26.9 Å². The Morgan fingerprint density at radius 3 is 2.50 bits per heavy atom. The summed E-state index contributed by atoms with van der Waals surface area (Å²) in [6.45, 7) is 5.56. The molecule has 0 aromatic rings. The van der Waals surface area contributed by atoms with Crippen LogP contribution in [-0.2, 0) is 0 Å². The molecule has 1 unspecified atom stereocenters. The number of alkyl halides is 2. The summed E-state index contributed by atoms with van der Waals surface area (Å²) >= 11 is 0.476. The van der Waals surface area contributed by atoms with Crippen LogP contribution in [0.25, 0.3) is 0 Å². The van der Waals surface area contributed by atoms with Gasteiger partial charge in [0.2, 0.25) is 0 Å². The Hall–Kier alpha value is 0.690. The van der Waals surface area contributed by atoms with E-state index in [1.165, 1.54) is 4.43 Å². The van der Waals surface area contributed by atoms with Gasteiger partial charge >= 0.3 is 61.1 Å². The molecule has 1 rings (SSSR count). The molecule has 0 radical (unpaired) electrons. The minimum atomic E-state index is 0.476. The van der Waals surface area contributed by atoms with E-state index in [1.54, 1.807) is 0 Å². The molecule has 1 aliphatic rings. The molecule has 0 saturated carbocycles. The Kier molecular flexibility index (Phi) is 1.82. The maximum atomic E-state index is 5.59. The van der Waals surface area contributed by atoms with Gasteiger partial charge in [-0.3, -0.25) is 0 Å². The molecule has 0 bridgehead atoms. The van der Waals surface area contributed by atoms with E-state index < -0.39 is 0 Å². The van der Waals surface area contributed by atoms with Gasteiger partial charge in [-0.15, -0.1) is 0 Å². The molecule has 2 atom stereocenters. The first kappa shape index (κ1) is 6.81. The fourth-order valence-corrected chi connectivity index (χ4v) is 3.89. The molecule has 0 aromatic carbocycles. The third-order valence-electron chi connectivity index (χ3n) is 2.04. The summed E-state index contributed by atoms with van der Waals surface area (Å²) in [6, 6.07) is 0. The number of hydrogen-bond acceptors (Lipinski definition) is 1. The van der Waals surface area contributed by atoms with Crippen LogP contribution in [0, 0.1) is 5.92 Å². The average Bonchev–Trinajstić information content (AvgIpc) is 1.83. The second-order valence-electron chi connectivity index (χ2n) is 2.67. The van der Waals surface area contributed by atoms with Gasteiger partial charge < -0.3 is 0 Å². The number of hydrogen-bond donors (Lipinski definition) is 1. The fourth-order valence-electron chi connectivity index (χ4n) is 0.751. The van der Waals surface area contributed by atoms with Crippen LogP contribution in [0.5, 0.6) is 0 Å². The number of halogens is 1. The minimum absolute atomic E-state index is 0.476. The first-order valence-corrected chi connectivity index (χ1v) is 5.60. The summed E-state index contributed by atoms with van der Waals surface area (Å²) in [5, 5.41) is 0. The standard InChI is InChI=1S/C6H13IN/c1-5-3-7-6(5,2)4-8/h5H,3-4,8H2,1-2H3/q-1/t5?,6-/m1/s1. The Balaban J connectivity index is 2.42. The quantitative estimate of drug-likeness (QED) is 0.386. The van der Waals surface area contributed by atoms with E-state index in [2.05, 4.69) is 13.8 Å². The number of rotatable bonds is 1. The molecule has 0 spiro atoms. The van der Waals surface area contributed by atoms with Crippen molar-refractivity contribution in [2.24, 2.45) is 11.7 Å². The normalized spacial score (nSPS) is 47.1. The zero-order valence-electron chi connectivity index (χ0n) is 5.45. The van der Waals surface area contributed by atoms with Gasteiger partial charge in [-0.25, -0.2) is 0 Å². The Bertz CT molecular complexity index is 90.5. The first-order chi connectivity index (χ1) is 3.69. The summed E-state index contributed by atoms with van der Waals surface area (Å²) in [4.78, 5) is 0. The summed E-state index contributed by atoms with van der Waals surface area (Å²) in [7, 11) is 0. The summed E-state index contributed by atoms with van der Waals surface area (Å²) in [6.07, 6.45) is 0. The van der Waals surface area contributed by atoms with Gasteiger partial charge in [0.15, 0.2) is 0 Å². The fraction of sp³-hybridized carbons (Fsp3) is 1.00. The summed E-state index contributed by atoms with van der Waals surface area (Å²) in [5.41, 5.74) is 5.59. The summed E-state index contributed by atoms with van der Waals surface area (Å²) < 4.78 is 2.10. The van der Waals surface area contributed by atoms with Crippen molar-refractivity contribution < 1.29 is 21.2 Å². The van der Waals surface area contributed by atoms with Crippen molar-refractivity contribution >= 4 is 0 Å². The van der Waals surface area contributed by atoms with Crippen molar-refractivity contribution in [3.63, 3.8) is 0 Å². The molecule has 1 aliphatic heterocycles. The SMILES string of the molecule is CC1C[I-][C@]1(C)CN. The van der Waals surface area contributed by atoms with Gasteiger partial charge in [0, 0.05) is 0 Å². The van der Waals surface area contributed by atoms with Gasteiger partial charge in [-0.1, -0.05) is 0 Å². The molecule has 0 aliphatic carbocycles.